The van der Waals surface area contributed by atoms with E-state index >= 15 is 0 Å². The molecule has 0 bridgehead atoms. The van der Waals surface area contributed by atoms with Crippen LogP contribution >= 0.6 is 11.8 Å². The Kier molecular flexibility index (Phi) is 6.67. The molecule has 3 rings (SSSR count). The van der Waals surface area contributed by atoms with Gasteiger partial charge in [0.25, 0.3) is 5.91 Å². The van der Waals surface area contributed by atoms with E-state index < -0.39 is 0 Å². The number of carbonyl (C=O) groups is 2. The number of nitrogens with zero attached hydrogens (tertiary/aromatic N) is 1. The van der Waals surface area contributed by atoms with Gasteiger partial charge in [0.05, 0.1) is 5.56 Å². The van der Waals surface area contributed by atoms with Crippen molar-refractivity contribution in [2.24, 2.45) is 0 Å². The van der Waals surface area contributed by atoms with Crippen molar-refractivity contribution in [3.05, 3.63) is 77.5 Å². The molecule has 0 saturated heterocycles. The molecule has 29 heavy (non-hydrogen) atoms. The summed E-state index contributed by atoms with van der Waals surface area (Å²) < 4.78 is 0. The predicted octanol–water partition coefficient (Wildman–Crippen LogP) is 5.45. The Morgan fingerprint density at radius 3 is 2.31 bits per heavy atom. The molecule has 0 spiro atoms. The Bertz CT molecular complexity index is 1030. The van der Waals surface area contributed by atoms with Crippen LogP contribution in [0.3, 0.4) is 0 Å². The number of aryl methyl sites for hydroxylation is 2. The quantitative estimate of drug-likeness (QED) is 0.572. The number of aromatic nitrogens is 1. The first kappa shape index (κ1) is 20.6. The molecule has 2 amide bonds. The first-order valence-corrected chi connectivity index (χ1v) is 10.2. The van der Waals surface area contributed by atoms with Crippen LogP contribution in [0, 0.1) is 13.8 Å². The molecule has 0 radical (unpaired) electrons. The summed E-state index contributed by atoms with van der Waals surface area (Å²) in [6.07, 6.45) is 2.11. The molecule has 1 aromatic heterocycles. The topological polar surface area (TPSA) is 71.1 Å². The van der Waals surface area contributed by atoms with Gasteiger partial charge in [0.15, 0.2) is 0 Å². The number of nitrogens with one attached hydrogen (secondary N) is 2. The maximum Gasteiger partial charge on any atom is 0.258 e. The van der Waals surface area contributed by atoms with Crippen LogP contribution in [-0.2, 0) is 4.79 Å². The van der Waals surface area contributed by atoms with Gasteiger partial charge in [-0.1, -0.05) is 36.4 Å². The van der Waals surface area contributed by atoms with Crippen LogP contribution in [0.25, 0.3) is 0 Å². The zero-order valence-electron chi connectivity index (χ0n) is 16.7. The first-order valence-electron chi connectivity index (χ1n) is 9.37. The summed E-state index contributed by atoms with van der Waals surface area (Å²) in [6.45, 7) is 5.91. The minimum absolute atomic E-state index is 0.0507. The Morgan fingerprint density at radius 1 is 0.966 bits per heavy atom. The minimum Gasteiger partial charge on any atom is -0.326 e. The van der Waals surface area contributed by atoms with Crippen molar-refractivity contribution in [1.82, 2.24) is 4.98 Å². The Morgan fingerprint density at radius 2 is 1.66 bits per heavy atom. The predicted molar refractivity (Wildman–Crippen MR) is 118 cm³/mol. The smallest absolute Gasteiger partial charge is 0.258 e. The fourth-order valence-corrected chi connectivity index (χ4v) is 3.70. The lowest BCUT2D eigenvalue weighted by atomic mass is 10.2. The number of hydrogen-bond donors (Lipinski definition) is 2. The third kappa shape index (κ3) is 5.45. The van der Waals surface area contributed by atoms with Gasteiger partial charge in [-0.2, -0.15) is 0 Å². The zero-order valence-corrected chi connectivity index (χ0v) is 17.5. The van der Waals surface area contributed by atoms with Gasteiger partial charge in [-0.3, -0.25) is 9.59 Å². The molecule has 1 heterocycles. The van der Waals surface area contributed by atoms with Crippen LogP contribution in [0.2, 0.25) is 0 Å². The summed E-state index contributed by atoms with van der Waals surface area (Å²) in [4.78, 5) is 29.8. The molecule has 148 valence electrons. The lowest BCUT2D eigenvalue weighted by Gasteiger charge is -2.11. The maximum atomic E-state index is 12.8. The van der Waals surface area contributed by atoms with Gasteiger partial charge in [-0.15, -0.1) is 0 Å². The highest BCUT2D eigenvalue weighted by molar-refractivity contribution is 7.99. The molecule has 6 heteroatoms. The largest absolute Gasteiger partial charge is 0.326 e. The monoisotopic (exact) mass is 405 g/mol. The average Bonchev–Trinajstić information content (AvgIpc) is 2.71. The molecule has 0 atom stereocenters. The van der Waals surface area contributed by atoms with Gasteiger partial charge in [-0.25, -0.2) is 4.98 Å². The Balaban J connectivity index is 1.75. The number of hydrogen-bond acceptors (Lipinski definition) is 4. The second-order valence-electron chi connectivity index (χ2n) is 6.66. The van der Waals surface area contributed by atoms with Crippen molar-refractivity contribution in [3.63, 3.8) is 0 Å². The third-order valence-corrected chi connectivity index (χ3v) is 5.50. The van der Waals surface area contributed by atoms with Gasteiger partial charge >= 0.3 is 0 Å². The molecule has 0 fully saturated rings. The standard InChI is InChI=1S/C23H23N3O2S/c1-4-21(27)25-17-8-10-18(11-9-17)26-22(28)19-6-5-13-24-23(19)29-20-12-7-15(2)14-16(20)3/h5-14H,4H2,1-3H3,(H,25,27)(H,26,28). The van der Waals surface area contributed by atoms with E-state index in [1.54, 1.807) is 49.5 Å². The summed E-state index contributed by atoms with van der Waals surface area (Å²) in [5.41, 5.74) is 4.21. The lowest BCUT2D eigenvalue weighted by molar-refractivity contribution is -0.115. The number of benzene rings is 2. The number of anilines is 2. The molecule has 0 saturated carbocycles. The second-order valence-corrected chi connectivity index (χ2v) is 7.69. The van der Waals surface area contributed by atoms with Crippen molar-refractivity contribution in [2.45, 2.75) is 37.1 Å². The maximum absolute atomic E-state index is 12.8. The number of amides is 2. The number of carbonyl (C=O) groups excluding carboxylic acids is 2. The van der Waals surface area contributed by atoms with E-state index in [9.17, 15) is 9.59 Å². The van der Waals surface area contributed by atoms with Gasteiger partial charge in [0.2, 0.25) is 5.91 Å². The van der Waals surface area contributed by atoms with Crippen molar-refractivity contribution < 1.29 is 9.59 Å². The summed E-state index contributed by atoms with van der Waals surface area (Å²) in [7, 11) is 0. The SMILES string of the molecule is CCC(=O)Nc1ccc(NC(=O)c2cccnc2Sc2ccc(C)cc2C)cc1. The van der Waals surface area contributed by atoms with Crippen LogP contribution in [0.1, 0.15) is 34.8 Å². The van der Waals surface area contributed by atoms with Crippen molar-refractivity contribution in [2.75, 3.05) is 10.6 Å². The van der Waals surface area contributed by atoms with E-state index in [1.165, 1.54) is 17.3 Å². The average molecular weight is 406 g/mol. The highest BCUT2D eigenvalue weighted by Crippen LogP contribution is 2.31. The van der Waals surface area contributed by atoms with Crippen LogP contribution in [0.4, 0.5) is 11.4 Å². The summed E-state index contributed by atoms with van der Waals surface area (Å²) in [5, 5.41) is 6.34. The first-order chi connectivity index (χ1) is 14.0. The molecular formula is C23H23N3O2S. The van der Waals surface area contributed by atoms with Crippen LogP contribution < -0.4 is 10.6 Å². The van der Waals surface area contributed by atoms with E-state index in [1.807, 2.05) is 0 Å². The summed E-state index contributed by atoms with van der Waals surface area (Å²) in [5.74, 6) is -0.277. The summed E-state index contributed by atoms with van der Waals surface area (Å²) in [6, 6.07) is 16.8. The lowest BCUT2D eigenvalue weighted by Crippen LogP contribution is -2.14. The number of rotatable bonds is 6. The Hall–Kier alpha value is -3.12. The molecule has 3 aromatic rings. The van der Waals surface area contributed by atoms with Gasteiger partial charge < -0.3 is 10.6 Å². The fraction of sp³-hybridized carbons (Fsp3) is 0.174. The van der Waals surface area contributed by atoms with E-state index in [4.69, 9.17) is 0 Å². The van der Waals surface area contributed by atoms with Gasteiger partial charge in [-0.05, 0) is 61.9 Å². The third-order valence-electron chi connectivity index (χ3n) is 4.30. The number of pyridine rings is 1. The zero-order chi connectivity index (χ0) is 20.8. The van der Waals surface area contributed by atoms with Crippen LogP contribution in [0.15, 0.2) is 70.7 Å². The van der Waals surface area contributed by atoms with Crippen molar-refractivity contribution >= 4 is 35.0 Å². The van der Waals surface area contributed by atoms with Crippen LogP contribution in [0.5, 0.6) is 0 Å². The molecule has 2 N–H and O–H groups in total. The van der Waals surface area contributed by atoms with Crippen molar-refractivity contribution in [1.29, 1.82) is 0 Å². The van der Waals surface area contributed by atoms with Gasteiger partial charge in [0, 0.05) is 28.9 Å². The molecular weight excluding hydrogens is 382 g/mol. The normalized spacial score (nSPS) is 10.4. The molecule has 0 aliphatic rings. The summed E-state index contributed by atoms with van der Waals surface area (Å²) >= 11 is 1.48. The van der Waals surface area contributed by atoms with E-state index in [2.05, 4.69) is 47.7 Å². The highest BCUT2D eigenvalue weighted by atomic mass is 32.2. The molecule has 0 aliphatic heterocycles. The van der Waals surface area contributed by atoms with Crippen LogP contribution in [-0.4, -0.2) is 16.8 Å². The van der Waals surface area contributed by atoms with E-state index in [0.717, 1.165) is 10.5 Å². The van der Waals surface area contributed by atoms with E-state index in [-0.39, 0.29) is 11.8 Å². The highest BCUT2D eigenvalue weighted by Gasteiger charge is 2.15. The second kappa shape index (κ2) is 9.39. The molecule has 0 unspecified atom stereocenters. The van der Waals surface area contributed by atoms with Gasteiger partial charge in [0.1, 0.15) is 5.03 Å². The Labute approximate surface area is 175 Å². The molecule has 0 aliphatic carbocycles. The molecule has 5 nitrogen and oxygen atoms in total. The molecule has 2 aromatic carbocycles. The van der Waals surface area contributed by atoms with E-state index in [0.29, 0.717) is 28.4 Å². The minimum atomic E-state index is -0.226. The fourth-order valence-electron chi connectivity index (χ4n) is 2.75. The van der Waals surface area contributed by atoms with Crippen molar-refractivity contribution in [3.8, 4) is 0 Å².